The van der Waals surface area contributed by atoms with Gasteiger partial charge in [0.05, 0.1) is 5.38 Å². The number of hydrogen-bond donors (Lipinski definition) is 1. The Labute approximate surface area is 103 Å². The van der Waals surface area contributed by atoms with Crippen LogP contribution in [0.15, 0.2) is 18.3 Å². The van der Waals surface area contributed by atoms with Crippen molar-refractivity contribution in [1.29, 1.82) is 0 Å². The van der Waals surface area contributed by atoms with Gasteiger partial charge in [-0.25, -0.2) is 4.98 Å². The minimum Gasteiger partial charge on any atom is -0.368 e. The zero-order valence-corrected chi connectivity index (χ0v) is 11.3. The first-order valence-corrected chi connectivity index (χ1v) is 6.12. The summed E-state index contributed by atoms with van der Waals surface area (Å²) in [7, 11) is 0. The molecule has 0 fully saturated rings. The van der Waals surface area contributed by atoms with Crippen molar-refractivity contribution < 1.29 is 0 Å². The van der Waals surface area contributed by atoms with E-state index >= 15 is 0 Å². The van der Waals surface area contributed by atoms with Gasteiger partial charge >= 0.3 is 0 Å². The fourth-order valence-corrected chi connectivity index (χ4v) is 2.15. The smallest absolute Gasteiger partial charge is 0.128 e. The van der Waals surface area contributed by atoms with Crippen LogP contribution in [-0.2, 0) is 0 Å². The van der Waals surface area contributed by atoms with Crippen LogP contribution in [0.2, 0.25) is 0 Å². The van der Waals surface area contributed by atoms with Gasteiger partial charge in [0.15, 0.2) is 0 Å². The van der Waals surface area contributed by atoms with Gasteiger partial charge in [0.25, 0.3) is 0 Å². The van der Waals surface area contributed by atoms with Crippen molar-refractivity contribution in [3.8, 4) is 0 Å². The average Bonchev–Trinajstić information content (AvgIpc) is 2.14. The molecule has 0 saturated carbocycles. The fraction of sp³-hybridized carbons (Fsp3) is 0.615. The molecule has 0 saturated heterocycles. The number of rotatable bonds is 4. The van der Waals surface area contributed by atoms with E-state index in [1.54, 1.807) is 6.20 Å². The highest BCUT2D eigenvalue weighted by Gasteiger charge is 2.16. The van der Waals surface area contributed by atoms with Crippen molar-refractivity contribution in [3.05, 3.63) is 23.9 Å². The summed E-state index contributed by atoms with van der Waals surface area (Å²) in [6.45, 7) is 9.41. The quantitative estimate of drug-likeness (QED) is 0.809. The molecule has 0 spiro atoms. The van der Waals surface area contributed by atoms with Crippen LogP contribution >= 0.6 is 11.6 Å². The molecule has 1 rings (SSSR count). The number of hydrogen-bond acceptors (Lipinski definition) is 2. The Hall–Kier alpha value is -0.760. The van der Waals surface area contributed by atoms with Crippen molar-refractivity contribution in [1.82, 2.24) is 4.98 Å². The Bertz CT molecular complexity index is 331. The van der Waals surface area contributed by atoms with Crippen LogP contribution in [-0.4, -0.2) is 16.9 Å². The molecule has 1 unspecified atom stereocenters. The Kier molecular flexibility index (Phi) is 4.60. The van der Waals surface area contributed by atoms with Gasteiger partial charge in [0, 0.05) is 12.7 Å². The van der Waals surface area contributed by atoms with Crippen molar-refractivity contribution in [2.24, 2.45) is 5.41 Å². The highest BCUT2D eigenvalue weighted by atomic mass is 35.5. The first kappa shape index (κ1) is 13.3. The summed E-state index contributed by atoms with van der Waals surface area (Å²) in [6.07, 6.45) is 2.79. The summed E-state index contributed by atoms with van der Waals surface area (Å²) in [4.78, 5) is 4.28. The first-order chi connectivity index (χ1) is 7.38. The lowest BCUT2D eigenvalue weighted by atomic mass is 9.90. The second-order valence-corrected chi connectivity index (χ2v) is 6.03. The van der Waals surface area contributed by atoms with Crippen LogP contribution in [0.5, 0.6) is 0 Å². The molecule has 1 aromatic rings. The molecule has 1 N–H and O–H groups in total. The third kappa shape index (κ3) is 4.84. The molecule has 2 nitrogen and oxygen atoms in total. The molecular formula is C13H21ClN2. The van der Waals surface area contributed by atoms with Gasteiger partial charge in [0.2, 0.25) is 0 Å². The van der Waals surface area contributed by atoms with Crippen molar-refractivity contribution >= 4 is 17.4 Å². The topological polar surface area (TPSA) is 24.9 Å². The minimum atomic E-state index is 0.140. The van der Waals surface area contributed by atoms with E-state index in [4.69, 9.17) is 11.6 Å². The third-order valence-corrected chi connectivity index (χ3v) is 2.64. The van der Waals surface area contributed by atoms with Crippen molar-refractivity contribution in [2.45, 2.75) is 39.5 Å². The predicted octanol–water partition coefficient (Wildman–Crippen LogP) is 3.85. The highest BCUT2D eigenvalue weighted by Crippen LogP contribution is 2.23. The van der Waals surface area contributed by atoms with Gasteiger partial charge in [-0.3, -0.25) is 0 Å². The summed E-state index contributed by atoms with van der Waals surface area (Å²) < 4.78 is 0. The minimum absolute atomic E-state index is 0.140. The van der Waals surface area contributed by atoms with Crippen LogP contribution in [0.25, 0.3) is 0 Å². The Morgan fingerprint density at radius 1 is 1.44 bits per heavy atom. The maximum atomic E-state index is 6.28. The van der Waals surface area contributed by atoms with E-state index in [1.165, 1.54) is 0 Å². The zero-order chi connectivity index (χ0) is 12.2. The standard InChI is InChI=1S/C13H21ClN2/c1-10-6-5-7-15-12(10)16-9-11(14)8-13(2,3)4/h5-7,11H,8-9H2,1-4H3,(H,15,16). The first-order valence-electron chi connectivity index (χ1n) is 5.68. The van der Waals surface area contributed by atoms with Crippen LogP contribution in [0.4, 0.5) is 5.82 Å². The van der Waals surface area contributed by atoms with E-state index in [9.17, 15) is 0 Å². The summed E-state index contributed by atoms with van der Waals surface area (Å²) in [6, 6.07) is 3.98. The fourth-order valence-electron chi connectivity index (χ4n) is 1.61. The molecule has 0 amide bonds. The van der Waals surface area contributed by atoms with E-state index in [2.05, 4.69) is 31.1 Å². The molecule has 1 atom stereocenters. The molecule has 0 aromatic carbocycles. The third-order valence-electron chi connectivity index (χ3n) is 2.33. The number of aryl methyl sites for hydroxylation is 1. The highest BCUT2D eigenvalue weighted by molar-refractivity contribution is 6.20. The van der Waals surface area contributed by atoms with E-state index in [0.717, 1.165) is 24.3 Å². The predicted molar refractivity (Wildman–Crippen MR) is 71.2 cm³/mol. The number of nitrogens with one attached hydrogen (secondary N) is 1. The average molecular weight is 241 g/mol. The molecule has 90 valence electrons. The largest absolute Gasteiger partial charge is 0.368 e. The summed E-state index contributed by atoms with van der Waals surface area (Å²) in [5.74, 6) is 0.932. The molecule has 3 heteroatoms. The SMILES string of the molecule is Cc1cccnc1NCC(Cl)CC(C)(C)C. The van der Waals surface area contributed by atoms with Crippen molar-refractivity contribution in [3.63, 3.8) is 0 Å². The molecule has 0 aliphatic rings. The lowest BCUT2D eigenvalue weighted by molar-refractivity contribution is 0.373. The van der Waals surface area contributed by atoms with E-state index in [1.807, 2.05) is 19.1 Å². The summed E-state index contributed by atoms with van der Waals surface area (Å²) in [5, 5.41) is 3.43. The second kappa shape index (κ2) is 5.53. The van der Waals surface area contributed by atoms with E-state index in [0.29, 0.717) is 0 Å². The van der Waals surface area contributed by atoms with Crippen LogP contribution in [0.1, 0.15) is 32.8 Å². The van der Waals surface area contributed by atoms with Crippen LogP contribution in [0.3, 0.4) is 0 Å². The molecule has 0 aliphatic carbocycles. The van der Waals surface area contributed by atoms with Crippen LogP contribution in [0, 0.1) is 12.3 Å². The Morgan fingerprint density at radius 2 is 2.12 bits per heavy atom. The molecular weight excluding hydrogens is 220 g/mol. The molecule has 1 aromatic heterocycles. The van der Waals surface area contributed by atoms with E-state index in [-0.39, 0.29) is 10.8 Å². The second-order valence-electron chi connectivity index (χ2n) is 5.41. The molecule has 1 heterocycles. The van der Waals surface area contributed by atoms with Gasteiger partial charge in [-0.15, -0.1) is 11.6 Å². The van der Waals surface area contributed by atoms with Gasteiger partial charge in [-0.05, 0) is 30.4 Å². The van der Waals surface area contributed by atoms with Gasteiger partial charge in [-0.2, -0.15) is 0 Å². The zero-order valence-electron chi connectivity index (χ0n) is 10.5. The van der Waals surface area contributed by atoms with E-state index < -0.39 is 0 Å². The van der Waals surface area contributed by atoms with Gasteiger partial charge < -0.3 is 5.32 Å². The number of pyridine rings is 1. The number of halogens is 1. The maximum Gasteiger partial charge on any atom is 0.128 e. The number of alkyl halides is 1. The normalized spacial score (nSPS) is 13.6. The number of aromatic nitrogens is 1. The number of anilines is 1. The van der Waals surface area contributed by atoms with Crippen LogP contribution < -0.4 is 5.32 Å². The maximum absolute atomic E-state index is 6.28. The molecule has 0 radical (unpaired) electrons. The summed E-state index contributed by atoms with van der Waals surface area (Å²) in [5.41, 5.74) is 1.43. The summed E-state index contributed by atoms with van der Waals surface area (Å²) >= 11 is 6.28. The lowest BCUT2D eigenvalue weighted by Gasteiger charge is -2.22. The van der Waals surface area contributed by atoms with Gasteiger partial charge in [0.1, 0.15) is 5.82 Å². The van der Waals surface area contributed by atoms with Gasteiger partial charge in [-0.1, -0.05) is 26.8 Å². The Morgan fingerprint density at radius 3 is 2.69 bits per heavy atom. The monoisotopic (exact) mass is 240 g/mol. The molecule has 16 heavy (non-hydrogen) atoms. The lowest BCUT2D eigenvalue weighted by Crippen LogP contribution is -2.21. The molecule has 0 aliphatic heterocycles. The van der Waals surface area contributed by atoms with Crippen molar-refractivity contribution in [2.75, 3.05) is 11.9 Å². The number of nitrogens with zero attached hydrogens (tertiary/aromatic N) is 1. The Balaban J connectivity index is 2.43. The molecule has 0 bridgehead atoms.